The number of anilines is 3. The van der Waals surface area contributed by atoms with Crippen molar-refractivity contribution >= 4 is 35.1 Å². The van der Waals surface area contributed by atoms with Gasteiger partial charge in [0, 0.05) is 23.7 Å². The highest BCUT2D eigenvalue weighted by Crippen LogP contribution is 2.40. The topological polar surface area (TPSA) is 70.1 Å². The zero-order chi connectivity index (χ0) is 19.8. The number of nitrogens with zero attached hydrogens (tertiary/aromatic N) is 3. The second-order valence-electron chi connectivity index (χ2n) is 7.52. The second kappa shape index (κ2) is 7.58. The number of aryl methyl sites for hydroxylation is 1. The third-order valence-corrected chi connectivity index (χ3v) is 6.73. The molecule has 1 atom stereocenters. The minimum Gasteiger partial charge on any atom is -0.354 e. The third kappa shape index (κ3) is 3.78. The molecule has 2 aromatic rings. The van der Waals surface area contributed by atoms with E-state index in [2.05, 4.69) is 20.6 Å². The fraction of sp³-hybridized carbons (Fsp3) is 0.450. The highest BCUT2D eigenvalue weighted by molar-refractivity contribution is 8.00. The van der Waals surface area contributed by atoms with Gasteiger partial charge in [-0.2, -0.15) is 4.98 Å². The zero-order valence-electron chi connectivity index (χ0n) is 16.2. The SMILES string of the molecule is Cc1nc(NCC2CC(Sc3ccc(F)cc3)C2)nc2c1NC(=O)[C@H](C)N2C. The molecule has 1 aliphatic carbocycles. The summed E-state index contributed by atoms with van der Waals surface area (Å²) in [5, 5.41) is 6.83. The van der Waals surface area contributed by atoms with E-state index in [1.54, 1.807) is 0 Å². The fourth-order valence-electron chi connectivity index (χ4n) is 3.50. The summed E-state index contributed by atoms with van der Waals surface area (Å²) in [6.07, 6.45) is 2.23. The number of aromatic nitrogens is 2. The number of carbonyl (C=O) groups is 1. The lowest BCUT2D eigenvalue weighted by molar-refractivity contribution is -0.117. The van der Waals surface area contributed by atoms with Crippen molar-refractivity contribution in [3.8, 4) is 0 Å². The predicted octanol–water partition coefficient (Wildman–Crippen LogP) is 3.68. The smallest absolute Gasteiger partial charge is 0.246 e. The summed E-state index contributed by atoms with van der Waals surface area (Å²) in [5.41, 5.74) is 1.45. The normalized spacial score (nSPS) is 23.6. The Morgan fingerprint density at radius 1 is 1.29 bits per heavy atom. The highest BCUT2D eigenvalue weighted by atomic mass is 32.2. The summed E-state index contributed by atoms with van der Waals surface area (Å²) in [7, 11) is 1.88. The molecule has 0 radical (unpaired) electrons. The number of rotatable bonds is 5. The van der Waals surface area contributed by atoms with Crippen molar-refractivity contribution in [2.75, 3.05) is 29.1 Å². The van der Waals surface area contributed by atoms with Crippen molar-refractivity contribution in [1.29, 1.82) is 0 Å². The molecule has 1 fully saturated rings. The summed E-state index contributed by atoms with van der Waals surface area (Å²) < 4.78 is 13.0. The van der Waals surface area contributed by atoms with Crippen molar-refractivity contribution < 1.29 is 9.18 Å². The van der Waals surface area contributed by atoms with Crippen molar-refractivity contribution in [2.45, 2.75) is 42.9 Å². The Morgan fingerprint density at radius 3 is 2.71 bits per heavy atom. The molecular weight excluding hydrogens is 377 g/mol. The Morgan fingerprint density at radius 2 is 2.00 bits per heavy atom. The van der Waals surface area contributed by atoms with E-state index >= 15 is 0 Å². The number of thioether (sulfide) groups is 1. The number of fused-ring (bicyclic) bond motifs is 1. The number of likely N-dealkylation sites (N-methyl/N-ethyl adjacent to an activating group) is 1. The molecule has 4 rings (SSSR count). The van der Waals surface area contributed by atoms with Crippen LogP contribution >= 0.6 is 11.8 Å². The van der Waals surface area contributed by atoms with E-state index in [9.17, 15) is 9.18 Å². The van der Waals surface area contributed by atoms with Gasteiger partial charge >= 0.3 is 0 Å². The van der Waals surface area contributed by atoms with Gasteiger partial charge in [0.15, 0.2) is 5.82 Å². The molecule has 8 heteroatoms. The largest absolute Gasteiger partial charge is 0.354 e. The van der Waals surface area contributed by atoms with E-state index in [1.807, 2.05) is 49.7 Å². The first-order valence-corrected chi connectivity index (χ1v) is 10.4. The second-order valence-corrected chi connectivity index (χ2v) is 8.89. The molecule has 1 aliphatic heterocycles. The monoisotopic (exact) mass is 401 g/mol. The van der Waals surface area contributed by atoms with E-state index in [-0.39, 0.29) is 17.8 Å². The maximum atomic E-state index is 13.0. The first-order valence-electron chi connectivity index (χ1n) is 9.49. The molecular formula is C20H24FN5OS. The molecule has 0 spiro atoms. The lowest BCUT2D eigenvalue weighted by Gasteiger charge is -2.35. The minimum absolute atomic E-state index is 0.0402. The van der Waals surface area contributed by atoms with Crippen LogP contribution in [-0.4, -0.2) is 40.8 Å². The van der Waals surface area contributed by atoms with Crippen LogP contribution in [0.5, 0.6) is 0 Å². The number of hydrogen-bond donors (Lipinski definition) is 2. The third-order valence-electron chi connectivity index (χ3n) is 5.47. The average Bonchev–Trinajstić information content (AvgIpc) is 2.64. The van der Waals surface area contributed by atoms with E-state index < -0.39 is 0 Å². The van der Waals surface area contributed by atoms with Gasteiger partial charge in [-0.05, 0) is 56.9 Å². The molecule has 148 valence electrons. The molecule has 6 nitrogen and oxygen atoms in total. The Hall–Kier alpha value is -2.35. The predicted molar refractivity (Wildman–Crippen MR) is 111 cm³/mol. The molecule has 2 heterocycles. The lowest BCUT2D eigenvalue weighted by Crippen LogP contribution is -2.45. The van der Waals surface area contributed by atoms with Gasteiger partial charge in [-0.3, -0.25) is 4.79 Å². The molecule has 1 aromatic heterocycles. The van der Waals surface area contributed by atoms with Gasteiger partial charge in [0.1, 0.15) is 17.5 Å². The van der Waals surface area contributed by atoms with Crippen LogP contribution in [0.15, 0.2) is 29.2 Å². The van der Waals surface area contributed by atoms with Crippen LogP contribution in [-0.2, 0) is 4.79 Å². The Labute approximate surface area is 168 Å². The Balaban J connectivity index is 1.32. The highest BCUT2D eigenvalue weighted by Gasteiger charge is 2.32. The van der Waals surface area contributed by atoms with E-state index in [0.717, 1.165) is 35.8 Å². The van der Waals surface area contributed by atoms with Gasteiger partial charge in [0.2, 0.25) is 11.9 Å². The summed E-state index contributed by atoms with van der Waals surface area (Å²) in [6.45, 7) is 4.56. The van der Waals surface area contributed by atoms with Crippen LogP contribution in [0.2, 0.25) is 0 Å². The van der Waals surface area contributed by atoms with Crippen LogP contribution in [0.1, 0.15) is 25.5 Å². The first kappa shape index (κ1) is 19.0. The van der Waals surface area contributed by atoms with Crippen LogP contribution in [0.3, 0.4) is 0 Å². The average molecular weight is 402 g/mol. The summed E-state index contributed by atoms with van der Waals surface area (Å²) in [5.74, 6) is 1.69. The molecule has 1 aromatic carbocycles. The standard InChI is InChI=1S/C20H24FN5OS/c1-11-17-18(26(3)12(2)19(27)24-17)25-20(23-11)22-10-13-8-16(9-13)28-15-6-4-14(21)5-7-15/h4-7,12-13,16H,8-10H2,1-3H3,(H,24,27)(H,22,23,25)/t12-,13?,16?/m0/s1. The van der Waals surface area contributed by atoms with Gasteiger partial charge in [-0.1, -0.05) is 0 Å². The van der Waals surface area contributed by atoms with E-state index in [1.165, 1.54) is 12.1 Å². The minimum atomic E-state index is -0.259. The van der Waals surface area contributed by atoms with Gasteiger partial charge < -0.3 is 15.5 Å². The number of benzene rings is 1. The van der Waals surface area contributed by atoms with Gasteiger partial charge in [0.25, 0.3) is 0 Å². The maximum absolute atomic E-state index is 13.0. The molecule has 0 unspecified atom stereocenters. The lowest BCUT2D eigenvalue weighted by atomic mass is 9.85. The zero-order valence-corrected chi connectivity index (χ0v) is 17.0. The maximum Gasteiger partial charge on any atom is 0.246 e. The molecule has 1 amide bonds. The molecule has 0 saturated heterocycles. The summed E-state index contributed by atoms with van der Waals surface area (Å²) >= 11 is 1.81. The van der Waals surface area contributed by atoms with Crippen molar-refractivity contribution in [2.24, 2.45) is 5.92 Å². The van der Waals surface area contributed by atoms with Crippen LogP contribution in [0, 0.1) is 18.7 Å². The van der Waals surface area contributed by atoms with Gasteiger partial charge in [0.05, 0.1) is 5.69 Å². The number of carbonyl (C=O) groups excluding carboxylic acids is 1. The molecule has 0 bridgehead atoms. The fourth-order valence-corrected chi connectivity index (χ4v) is 4.92. The first-order chi connectivity index (χ1) is 13.4. The Bertz CT molecular complexity index is 885. The van der Waals surface area contributed by atoms with Crippen molar-refractivity contribution in [1.82, 2.24) is 9.97 Å². The molecule has 28 heavy (non-hydrogen) atoms. The number of halogens is 1. The van der Waals surface area contributed by atoms with Crippen LogP contribution in [0.4, 0.5) is 21.8 Å². The van der Waals surface area contributed by atoms with Crippen molar-refractivity contribution in [3.63, 3.8) is 0 Å². The van der Waals surface area contributed by atoms with Gasteiger partial charge in [-0.25, -0.2) is 9.37 Å². The molecule has 2 N–H and O–H groups in total. The quantitative estimate of drug-likeness (QED) is 0.796. The van der Waals surface area contributed by atoms with Crippen LogP contribution < -0.4 is 15.5 Å². The van der Waals surface area contributed by atoms with Gasteiger partial charge in [-0.15, -0.1) is 11.8 Å². The van der Waals surface area contributed by atoms with Crippen molar-refractivity contribution in [3.05, 3.63) is 35.8 Å². The Kier molecular flexibility index (Phi) is 5.14. The number of hydrogen-bond acceptors (Lipinski definition) is 6. The summed E-state index contributed by atoms with van der Waals surface area (Å²) in [6, 6.07) is 6.44. The van der Waals surface area contributed by atoms with Crippen LogP contribution in [0.25, 0.3) is 0 Å². The number of nitrogens with one attached hydrogen (secondary N) is 2. The van der Waals surface area contributed by atoms with E-state index in [0.29, 0.717) is 22.8 Å². The van der Waals surface area contributed by atoms with E-state index in [4.69, 9.17) is 0 Å². The molecule has 2 aliphatic rings. The summed E-state index contributed by atoms with van der Waals surface area (Å²) in [4.78, 5) is 24.1. The molecule has 1 saturated carbocycles. The number of amides is 1.